The van der Waals surface area contributed by atoms with Gasteiger partial charge < -0.3 is 14.6 Å². The van der Waals surface area contributed by atoms with E-state index in [1.807, 2.05) is 0 Å². The molecule has 0 aromatic carbocycles. The van der Waals surface area contributed by atoms with E-state index >= 15 is 0 Å². The van der Waals surface area contributed by atoms with Gasteiger partial charge in [0.2, 0.25) is 10.0 Å². The van der Waals surface area contributed by atoms with Crippen molar-refractivity contribution in [3.63, 3.8) is 0 Å². The van der Waals surface area contributed by atoms with Crippen LogP contribution in [0.2, 0.25) is 0 Å². The number of furan rings is 1. The van der Waals surface area contributed by atoms with E-state index in [2.05, 4.69) is 4.72 Å². The number of carboxylic acid groups (broad SMARTS) is 1. The Labute approximate surface area is 123 Å². The Balaban J connectivity index is 2.38. The minimum absolute atomic E-state index is 0.0303. The molecule has 1 aliphatic rings. The Morgan fingerprint density at radius 3 is 2.43 bits per heavy atom. The summed E-state index contributed by atoms with van der Waals surface area (Å²) < 4.78 is 32.5. The predicted molar refractivity (Wildman–Crippen MR) is 73.7 cm³/mol. The molecule has 21 heavy (non-hydrogen) atoms. The minimum atomic E-state index is -4.06. The summed E-state index contributed by atoms with van der Waals surface area (Å²) in [5, 5.41) is 19.0. The van der Waals surface area contributed by atoms with Crippen LogP contribution in [0.15, 0.2) is 9.31 Å². The zero-order valence-electron chi connectivity index (χ0n) is 11.9. The Hall–Kier alpha value is -1.38. The van der Waals surface area contributed by atoms with Crippen LogP contribution in [-0.2, 0) is 10.0 Å². The molecular weight excluding hydrogens is 298 g/mol. The first kappa shape index (κ1) is 16.0. The highest BCUT2D eigenvalue weighted by Gasteiger charge is 2.34. The lowest BCUT2D eigenvalue weighted by Crippen LogP contribution is -2.45. The Morgan fingerprint density at radius 1 is 1.24 bits per heavy atom. The first-order valence-electron chi connectivity index (χ1n) is 6.77. The molecule has 1 aromatic heterocycles. The maximum Gasteiger partial charge on any atom is 0.340 e. The van der Waals surface area contributed by atoms with Gasteiger partial charge in [0, 0.05) is 6.04 Å². The molecule has 0 saturated heterocycles. The molecule has 7 nitrogen and oxygen atoms in total. The van der Waals surface area contributed by atoms with E-state index in [1.54, 1.807) is 0 Å². The number of carboxylic acids is 1. The fraction of sp³-hybridized carbons (Fsp3) is 0.615. The van der Waals surface area contributed by atoms with Crippen LogP contribution in [0.1, 0.15) is 47.6 Å². The number of hydrogen-bond donors (Lipinski definition) is 3. The second kappa shape index (κ2) is 5.78. The van der Waals surface area contributed by atoms with Crippen LogP contribution in [0.5, 0.6) is 0 Å². The number of aliphatic hydroxyl groups excluding tert-OH is 1. The van der Waals surface area contributed by atoms with Crippen LogP contribution in [0.25, 0.3) is 0 Å². The van der Waals surface area contributed by atoms with Gasteiger partial charge in [-0.25, -0.2) is 17.9 Å². The summed E-state index contributed by atoms with van der Waals surface area (Å²) in [6.07, 6.45) is 1.97. The number of carbonyl (C=O) groups is 1. The molecule has 0 unspecified atom stereocenters. The predicted octanol–water partition coefficient (Wildman–Crippen LogP) is 1.18. The average Bonchev–Trinajstić information content (AvgIpc) is 2.67. The molecule has 2 atom stereocenters. The van der Waals surface area contributed by atoms with Crippen molar-refractivity contribution in [3.05, 3.63) is 17.1 Å². The third-order valence-corrected chi connectivity index (χ3v) is 5.37. The summed E-state index contributed by atoms with van der Waals surface area (Å²) >= 11 is 0. The maximum absolute atomic E-state index is 12.5. The second-order valence-corrected chi connectivity index (χ2v) is 6.95. The zero-order valence-corrected chi connectivity index (χ0v) is 12.7. The van der Waals surface area contributed by atoms with E-state index in [0.29, 0.717) is 12.8 Å². The average molecular weight is 317 g/mol. The highest BCUT2D eigenvalue weighted by atomic mass is 32.2. The van der Waals surface area contributed by atoms with E-state index in [9.17, 15) is 23.4 Å². The lowest BCUT2D eigenvalue weighted by molar-refractivity contribution is 0.0691. The molecule has 0 amide bonds. The van der Waals surface area contributed by atoms with Crippen LogP contribution in [0.3, 0.4) is 0 Å². The number of hydrogen-bond acceptors (Lipinski definition) is 5. The summed E-state index contributed by atoms with van der Waals surface area (Å²) in [6.45, 7) is 2.82. The van der Waals surface area contributed by atoms with E-state index in [4.69, 9.17) is 4.42 Å². The third kappa shape index (κ3) is 3.12. The molecule has 0 bridgehead atoms. The maximum atomic E-state index is 12.5. The van der Waals surface area contributed by atoms with Crippen molar-refractivity contribution < 1.29 is 27.8 Å². The summed E-state index contributed by atoms with van der Waals surface area (Å²) in [6, 6.07) is -0.597. The highest BCUT2D eigenvalue weighted by molar-refractivity contribution is 7.89. The molecule has 1 saturated carbocycles. The SMILES string of the molecule is Cc1oc(C)c(S(=O)(=O)N[C@@H]2CCCC[C@H]2O)c1C(=O)O. The Kier molecular flexibility index (Phi) is 4.40. The molecule has 0 aliphatic heterocycles. The molecule has 2 rings (SSSR count). The van der Waals surface area contributed by atoms with Crippen molar-refractivity contribution in [2.45, 2.75) is 56.6 Å². The van der Waals surface area contributed by atoms with Gasteiger partial charge in [0.05, 0.1) is 6.10 Å². The van der Waals surface area contributed by atoms with E-state index < -0.39 is 28.1 Å². The molecule has 8 heteroatoms. The van der Waals surface area contributed by atoms with Crippen molar-refractivity contribution in [1.82, 2.24) is 4.72 Å². The molecule has 1 fully saturated rings. The van der Waals surface area contributed by atoms with Gasteiger partial charge in [-0.1, -0.05) is 12.8 Å². The van der Waals surface area contributed by atoms with Crippen LogP contribution in [-0.4, -0.2) is 36.7 Å². The first-order chi connectivity index (χ1) is 9.74. The van der Waals surface area contributed by atoms with Crippen molar-refractivity contribution in [3.8, 4) is 0 Å². The van der Waals surface area contributed by atoms with E-state index in [-0.39, 0.29) is 22.0 Å². The molecule has 118 valence electrons. The molecular formula is C13H19NO6S. The lowest BCUT2D eigenvalue weighted by atomic mass is 9.93. The topological polar surface area (TPSA) is 117 Å². The fourth-order valence-corrected chi connectivity index (χ4v) is 4.45. The largest absolute Gasteiger partial charge is 0.478 e. The van der Waals surface area contributed by atoms with Crippen LogP contribution >= 0.6 is 0 Å². The second-order valence-electron chi connectivity index (χ2n) is 5.30. The Morgan fingerprint density at radius 2 is 1.86 bits per heavy atom. The van der Waals surface area contributed by atoms with Gasteiger partial charge in [0.1, 0.15) is 22.0 Å². The van der Waals surface area contributed by atoms with Crippen molar-refractivity contribution >= 4 is 16.0 Å². The van der Waals surface area contributed by atoms with Crippen LogP contribution < -0.4 is 4.72 Å². The monoisotopic (exact) mass is 317 g/mol. The van der Waals surface area contributed by atoms with E-state index in [1.165, 1.54) is 13.8 Å². The van der Waals surface area contributed by atoms with Crippen molar-refractivity contribution in [2.75, 3.05) is 0 Å². The summed E-state index contributed by atoms with van der Waals surface area (Å²) in [5.74, 6) is -1.28. The number of nitrogens with one attached hydrogen (secondary N) is 1. The van der Waals surface area contributed by atoms with Crippen LogP contribution in [0, 0.1) is 13.8 Å². The van der Waals surface area contributed by atoms with Crippen LogP contribution in [0.4, 0.5) is 0 Å². The van der Waals surface area contributed by atoms with Gasteiger partial charge in [-0.15, -0.1) is 0 Å². The van der Waals surface area contributed by atoms with Gasteiger partial charge in [0.15, 0.2) is 0 Å². The lowest BCUT2D eigenvalue weighted by Gasteiger charge is -2.28. The van der Waals surface area contributed by atoms with Gasteiger partial charge in [-0.2, -0.15) is 0 Å². The summed E-state index contributed by atoms with van der Waals surface area (Å²) in [7, 11) is -4.06. The molecule has 1 aliphatic carbocycles. The number of aryl methyl sites for hydroxylation is 2. The Bertz CT molecular complexity index is 648. The standard InChI is InChI=1S/C13H19NO6S/c1-7-11(13(16)17)12(8(2)20-7)21(18,19)14-9-5-3-4-6-10(9)15/h9-10,14-15H,3-6H2,1-2H3,(H,16,17)/t9-,10-/m1/s1. The summed E-state index contributed by atoms with van der Waals surface area (Å²) in [5.41, 5.74) is -0.356. The molecule has 1 heterocycles. The summed E-state index contributed by atoms with van der Waals surface area (Å²) in [4.78, 5) is 10.9. The number of rotatable bonds is 4. The quantitative estimate of drug-likeness (QED) is 0.767. The molecule has 3 N–H and O–H groups in total. The molecule has 1 aromatic rings. The van der Waals surface area contributed by atoms with Crippen molar-refractivity contribution in [2.24, 2.45) is 0 Å². The fourth-order valence-electron chi connectivity index (χ4n) is 2.74. The zero-order chi connectivity index (χ0) is 15.8. The minimum Gasteiger partial charge on any atom is -0.478 e. The van der Waals surface area contributed by atoms with Crippen molar-refractivity contribution in [1.29, 1.82) is 0 Å². The number of sulfonamides is 1. The highest BCUT2D eigenvalue weighted by Crippen LogP contribution is 2.28. The van der Waals surface area contributed by atoms with E-state index in [0.717, 1.165) is 12.8 Å². The molecule has 0 spiro atoms. The van der Waals surface area contributed by atoms with Gasteiger partial charge >= 0.3 is 5.97 Å². The van der Waals surface area contributed by atoms with Gasteiger partial charge in [-0.3, -0.25) is 0 Å². The molecule has 0 radical (unpaired) electrons. The smallest absolute Gasteiger partial charge is 0.340 e. The third-order valence-electron chi connectivity index (χ3n) is 3.72. The number of aromatic carboxylic acids is 1. The normalized spacial score (nSPS) is 23.2. The number of aliphatic hydroxyl groups is 1. The first-order valence-corrected chi connectivity index (χ1v) is 8.26. The van der Waals surface area contributed by atoms with Gasteiger partial charge in [0.25, 0.3) is 0 Å². The van der Waals surface area contributed by atoms with Gasteiger partial charge in [-0.05, 0) is 26.7 Å².